The monoisotopic (exact) mass is 350 g/mol. The van der Waals surface area contributed by atoms with Crippen molar-refractivity contribution in [2.45, 2.75) is 51.2 Å². The van der Waals surface area contributed by atoms with Crippen LogP contribution >= 0.6 is 11.8 Å². The molecule has 0 aliphatic carbocycles. The van der Waals surface area contributed by atoms with Gasteiger partial charge in [-0.1, -0.05) is 30.8 Å². The highest BCUT2D eigenvalue weighted by Gasteiger charge is 2.19. The van der Waals surface area contributed by atoms with Gasteiger partial charge in [0, 0.05) is 0 Å². The summed E-state index contributed by atoms with van der Waals surface area (Å²) < 4.78 is 16.3. The number of benzene rings is 1. The molecule has 0 fully saturated rings. The first-order chi connectivity index (χ1) is 11.5. The molecule has 0 N–H and O–H groups in total. The van der Waals surface area contributed by atoms with Crippen LogP contribution in [0.25, 0.3) is 0 Å². The Morgan fingerprint density at radius 3 is 2.88 bits per heavy atom. The number of aryl methyl sites for hydroxylation is 2. The Morgan fingerprint density at radius 1 is 1.33 bits per heavy atom. The van der Waals surface area contributed by atoms with Crippen molar-refractivity contribution in [3.63, 3.8) is 0 Å². The standard InChI is InChI=1S/C17H22N2O4S/c1-5-8-21-16(20)13(4)24-17-19-18-15(23-17)10-22-14-9-11(2)6-7-12(14)3/h6-7,9,13H,5,8,10H2,1-4H3. The van der Waals surface area contributed by atoms with E-state index in [0.717, 1.165) is 23.3 Å². The second-order valence-electron chi connectivity index (χ2n) is 5.45. The summed E-state index contributed by atoms with van der Waals surface area (Å²) in [5.74, 6) is 0.875. The van der Waals surface area contributed by atoms with E-state index in [-0.39, 0.29) is 12.6 Å². The fourth-order valence-corrected chi connectivity index (χ4v) is 2.56. The quantitative estimate of drug-likeness (QED) is 0.531. The summed E-state index contributed by atoms with van der Waals surface area (Å²) in [5, 5.41) is 7.80. The van der Waals surface area contributed by atoms with E-state index < -0.39 is 5.25 Å². The van der Waals surface area contributed by atoms with Gasteiger partial charge in [0.1, 0.15) is 11.0 Å². The zero-order chi connectivity index (χ0) is 17.5. The van der Waals surface area contributed by atoms with Gasteiger partial charge in [0.2, 0.25) is 0 Å². The number of carbonyl (C=O) groups excluding carboxylic acids is 1. The van der Waals surface area contributed by atoms with Gasteiger partial charge < -0.3 is 13.9 Å². The maximum atomic E-state index is 11.7. The average molecular weight is 350 g/mol. The molecule has 1 aromatic carbocycles. The number of esters is 1. The minimum absolute atomic E-state index is 0.187. The van der Waals surface area contributed by atoms with Crippen molar-refractivity contribution in [1.29, 1.82) is 0 Å². The van der Waals surface area contributed by atoms with E-state index in [4.69, 9.17) is 13.9 Å². The second kappa shape index (κ2) is 8.73. The zero-order valence-electron chi connectivity index (χ0n) is 14.4. The van der Waals surface area contributed by atoms with Crippen LogP contribution in [-0.4, -0.2) is 28.0 Å². The lowest BCUT2D eigenvalue weighted by atomic mass is 10.1. The Kier molecular flexibility index (Phi) is 6.66. The first-order valence-corrected chi connectivity index (χ1v) is 8.73. The molecule has 0 aliphatic heterocycles. The first kappa shape index (κ1) is 18.3. The Morgan fingerprint density at radius 2 is 2.12 bits per heavy atom. The van der Waals surface area contributed by atoms with Crippen molar-refractivity contribution in [2.24, 2.45) is 0 Å². The van der Waals surface area contributed by atoms with Crippen LogP contribution < -0.4 is 4.74 Å². The predicted octanol–water partition coefficient (Wildman–Crippen LogP) is 3.70. The van der Waals surface area contributed by atoms with Gasteiger partial charge in [0.05, 0.1) is 6.61 Å². The molecule has 2 rings (SSSR count). The molecule has 1 heterocycles. The summed E-state index contributed by atoms with van der Waals surface area (Å²) in [7, 11) is 0. The fraction of sp³-hybridized carbons (Fsp3) is 0.471. The molecule has 2 aromatic rings. The Labute approximate surface area is 145 Å². The van der Waals surface area contributed by atoms with Crippen molar-refractivity contribution in [2.75, 3.05) is 6.61 Å². The van der Waals surface area contributed by atoms with Gasteiger partial charge in [-0.2, -0.15) is 0 Å². The lowest BCUT2D eigenvalue weighted by molar-refractivity contribution is -0.142. The number of hydrogen-bond acceptors (Lipinski definition) is 7. The van der Waals surface area contributed by atoms with E-state index in [9.17, 15) is 4.79 Å². The van der Waals surface area contributed by atoms with Gasteiger partial charge >= 0.3 is 5.97 Å². The van der Waals surface area contributed by atoms with Crippen LogP contribution in [0.4, 0.5) is 0 Å². The third-order valence-corrected chi connectivity index (χ3v) is 4.11. The summed E-state index contributed by atoms with van der Waals surface area (Å²) in [6.45, 7) is 8.29. The van der Waals surface area contributed by atoms with E-state index in [1.807, 2.05) is 39.0 Å². The summed E-state index contributed by atoms with van der Waals surface area (Å²) in [6.07, 6.45) is 0.795. The van der Waals surface area contributed by atoms with Crippen LogP contribution in [0, 0.1) is 13.8 Å². The van der Waals surface area contributed by atoms with E-state index >= 15 is 0 Å². The van der Waals surface area contributed by atoms with Crippen molar-refractivity contribution >= 4 is 17.7 Å². The number of ether oxygens (including phenoxy) is 2. The van der Waals surface area contributed by atoms with Gasteiger partial charge in [-0.05, 0) is 44.4 Å². The molecule has 0 spiro atoms. The highest BCUT2D eigenvalue weighted by atomic mass is 32.2. The lowest BCUT2D eigenvalue weighted by Gasteiger charge is -2.08. The van der Waals surface area contributed by atoms with E-state index in [0.29, 0.717) is 17.7 Å². The SMILES string of the molecule is CCCOC(=O)C(C)Sc1nnc(COc2cc(C)ccc2C)o1. The van der Waals surface area contributed by atoms with Gasteiger partial charge in [0.25, 0.3) is 11.1 Å². The largest absolute Gasteiger partial charge is 0.484 e. The molecule has 0 saturated carbocycles. The van der Waals surface area contributed by atoms with Crippen LogP contribution in [0.2, 0.25) is 0 Å². The van der Waals surface area contributed by atoms with Crippen molar-refractivity contribution in [1.82, 2.24) is 10.2 Å². The highest BCUT2D eigenvalue weighted by Crippen LogP contribution is 2.24. The number of hydrogen-bond donors (Lipinski definition) is 0. The molecule has 0 saturated heterocycles. The molecule has 7 heteroatoms. The number of aromatic nitrogens is 2. The molecule has 6 nitrogen and oxygen atoms in total. The maximum absolute atomic E-state index is 11.7. The van der Waals surface area contributed by atoms with Crippen molar-refractivity contribution in [3.05, 3.63) is 35.2 Å². The summed E-state index contributed by atoms with van der Waals surface area (Å²) >= 11 is 1.18. The zero-order valence-corrected chi connectivity index (χ0v) is 15.2. The number of thioether (sulfide) groups is 1. The minimum Gasteiger partial charge on any atom is -0.484 e. The molecule has 0 aliphatic rings. The smallest absolute Gasteiger partial charge is 0.319 e. The molecule has 0 radical (unpaired) electrons. The molecule has 1 aromatic heterocycles. The first-order valence-electron chi connectivity index (χ1n) is 7.85. The van der Waals surface area contributed by atoms with Crippen LogP contribution in [0.15, 0.2) is 27.8 Å². The molecule has 1 unspecified atom stereocenters. The lowest BCUT2D eigenvalue weighted by Crippen LogP contribution is -2.17. The van der Waals surface area contributed by atoms with Crippen LogP contribution in [0.1, 0.15) is 37.3 Å². The summed E-state index contributed by atoms with van der Waals surface area (Å²) in [5.41, 5.74) is 2.17. The topological polar surface area (TPSA) is 74.5 Å². The van der Waals surface area contributed by atoms with E-state index in [1.54, 1.807) is 6.92 Å². The molecule has 130 valence electrons. The molecular formula is C17H22N2O4S. The normalized spacial score (nSPS) is 12.0. The Bertz CT molecular complexity index is 687. The fourth-order valence-electron chi connectivity index (χ4n) is 1.87. The van der Waals surface area contributed by atoms with Gasteiger partial charge in [-0.15, -0.1) is 10.2 Å². The second-order valence-corrected chi connectivity index (χ2v) is 6.74. The van der Waals surface area contributed by atoms with E-state index in [2.05, 4.69) is 10.2 Å². The summed E-state index contributed by atoms with van der Waals surface area (Å²) in [4.78, 5) is 11.7. The van der Waals surface area contributed by atoms with Crippen LogP contribution in [-0.2, 0) is 16.1 Å². The number of nitrogens with zero attached hydrogens (tertiary/aromatic N) is 2. The molecule has 24 heavy (non-hydrogen) atoms. The Balaban J connectivity index is 1.89. The highest BCUT2D eigenvalue weighted by molar-refractivity contribution is 8.00. The van der Waals surface area contributed by atoms with Gasteiger partial charge in [-0.3, -0.25) is 4.79 Å². The maximum Gasteiger partial charge on any atom is 0.319 e. The van der Waals surface area contributed by atoms with Gasteiger partial charge in [0.15, 0.2) is 6.61 Å². The third kappa shape index (κ3) is 5.26. The number of rotatable bonds is 8. The van der Waals surface area contributed by atoms with E-state index in [1.165, 1.54) is 11.8 Å². The Hall–Kier alpha value is -2.02. The molecule has 1 atom stereocenters. The van der Waals surface area contributed by atoms with Crippen LogP contribution in [0.5, 0.6) is 5.75 Å². The predicted molar refractivity (Wildman–Crippen MR) is 91.1 cm³/mol. The average Bonchev–Trinajstić information content (AvgIpc) is 3.00. The molecular weight excluding hydrogens is 328 g/mol. The molecule has 0 amide bonds. The third-order valence-electron chi connectivity index (χ3n) is 3.20. The number of carbonyl (C=O) groups is 1. The summed E-state index contributed by atoms with van der Waals surface area (Å²) in [6, 6.07) is 6.00. The van der Waals surface area contributed by atoms with Crippen molar-refractivity contribution in [3.8, 4) is 5.75 Å². The van der Waals surface area contributed by atoms with Crippen LogP contribution in [0.3, 0.4) is 0 Å². The molecule has 0 bridgehead atoms. The minimum atomic E-state index is -0.398. The van der Waals surface area contributed by atoms with Crippen molar-refractivity contribution < 1.29 is 18.7 Å². The van der Waals surface area contributed by atoms with Gasteiger partial charge in [-0.25, -0.2) is 0 Å².